The largest absolute Gasteiger partial charge is 0.385 e. The van der Waals surface area contributed by atoms with Crippen LogP contribution in [0.1, 0.15) is 51.7 Å². The van der Waals surface area contributed by atoms with Gasteiger partial charge in [-0.3, -0.25) is 0 Å². The van der Waals surface area contributed by atoms with E-state index < -0.39 is 5.60 Å². The van der Waals surface area contributed by atoms with Crippen LogP contribution in [0.25, 0.3) is 0 Å². The van der Waals surface area contributed by atoms with Gasteiger partial charge < -0.3 is 5.11 Å². The Labute approximate surface area is 98.5 Å². The molecule has 0 heterocycles. The van der Waals surface area contributed by atoms with Crippen LogP contribution in [0.2, 0.25) is 0 Å². The van der Waals surface area contributed by atoms with Gasteiger partial charge >= 0.3 is 0 Å². The fourth-order valence-electron chi connectivity index (χ4n) is 2.19. The van der Waals surface area contributed by atoms with Crippen LogP contribution in [0, 0.1) is 5.92 Å². The van der Waals surface area contributed by atoms with Crippen LogP contribution in [0.3, 0.4) is 0 Å². The maximum absolute atomic E-state index is 10.4. The lowest BCUT2D eigenvalue weighted by Crippen LogP contribution is -2.24. The summed E-state index contributed by atoms with van der Waals surface area (Å²) >= 11 is 0. The van der Waals surface area contributed by atoms with Gasteiger partial charge in [0.25, 0.3) is 0 Å². The maximum Gasteiger partial charge on any atom is 0.0896 e. The average molecular weight is 218 g/mol. The molecule has 0 bridgehead atoms. The van der Waals surface area contributed by atoms with Crippen molar-refractivity contribution in [2.45, 2.75) is 51.6 Å². The third-order valence-corrected chi connectivity index (χ3v) is 3.71. The van der Waals surface area contributed by atoms with Crippen molar-refractivity contribution in [1.29, 1.82) is 0 Å². The molecule has 0 aliphatic heterocycles. The first-order valence-electron chi connectivity index (χ1n) is 6.15. The fraction of sp³-hybridized carbons (Fsp3) is 0.600. The highest BCUT2D eigenvalue weighted by Gasteiger charge is 2.41. The average Bonchev–Trinajstić information content (AvgIpc) is 3.00. The molecule has 0 amide bonds. The molecule has 1 aliphatic rings. The molecule has 1 nitrogen and oxygen atoms in total. The van der Waals surface area contributed by atoms with Gasteiger partial charge in [-0.05, 0) is 42.2 Å². The van der Waals surface area contributed by atoms with E-state index in [-0.39, 0.29) is 5.41 Å². The zero-order valence-electron chi connectivity index (χ0n) is 10.7. The molecule has 1 saturated carbocycles. The van der Waals surface area contributed by atoms with E-state index in [0.717, 1.165) is 18.4 Å². The van der Waals surface area contributed by atoms with Gasteiger partial charge in [-0.2, -0.15) is 0 Å². The Hall–Kier alpha value is -0.820. The van der Waals surface area contributed by atoms with E-state index in [0.29, 0.717) is 5.92 Å². The van der Waals surface area contributed by atoms with Crippen LogP contribution in [-0.2, 0) is 11.0 Å². The molecule has 2 rings (SSSR count). The SMILES string of the molecule is CC(C)(C)c1ccc([C@@](C)(O)C2CC2)cc1. The highest BCUT2D eigenvalue weighted by Crippen LogP contribution is 2.45. The van der Waals surface area contributed by atoms with Gasteiger partial charge in [0, 0.05) is 0 Å². The van der Waals surface area contributed by atoms with E-state index in [9.17, 15) is 5.11 Å². The molecule has 0 spiro atoms. The fourth-order valence-corrected chi connectivity index (χ4v) is 2.19. The molecular formula is C15H22O. The summed E-state index contributed by atoms with van der Waals surface area (Å²) in [4.78, 5) is 0. The molecule has 1 N–H and O–H groups in total. The minimum absolute atomic E-state index is 0.184. The van der Waals surface area contributed by atoms with Crippen LogP contribution in [0.15, 0.2) is 24.3 Å². The van der Waals surface area contributed by atoms with E-state index in [1.807, 2.05) is 6.92 Å². The summed E-state index contributed by atoms with van der Waals surface area (Å²) in [5.41, 5.74) is 1.94. The van der Waals surface area contributed by atoms with Gasteiger partial charge in [-0.1, -0.05) is 45.0 Å². The smallest absolute Gasteiger partial charge is 0.0896 e. The van der Waals surface area contributed by atoms with Crippen LogP contribution >= 0.6 is 0 Å². The third-order valence-electron chi connectivity index (χ3n) is 3.71. The molecule has 0 saturated heterocycles. The molecule has 1 aromatic carbocycles. The van der Waals surface area contributed by atoms with Crippen LogP contribution in [-0.4, -0.2) is 5.11 Å². The van der Waals surface area contributed by atoms with Crippen molar-refractivity contribution < 1.29 is 5.11 Å². The summed E-state index contributed by atoms with van der Waals surface area (Å²) in [6.45, 7) is 8.57. The third kappa shape index (κ3) is 2.15. The van der Waals surface area contributed by atoms with Gasteiger partial charge in [-0.15, -0.1) is 0 Å². The Morgan fingerprint density at radius 3 is 1.75 bits per heavy atom. The van der Waals surface area contributed by atoms with Crippen molar-refractivity contribution in [2.75, 3.05) is 0 Å². The summed E-state index contributed by atoms with van der Waals surface area (Å²) in [5.74, 6) is 0.466. The molecule has 0 aromatic heterocycles. The number of benzene rings is 1. The molecular weight excluding hydrogens is 196 g/mol. The lowest BCUT2D eigenvalue weighted by Gasteiger charge is -2.25. The Bertz CT molecular complexity index is 363. The first kappa shape index (κ1) is 11.7. The summed E-state index contributed by atoms with van der Waals surface area (Å²) in [6, 6.07) is 8.45. The summed E-state index contributed by atoms with van der Waals surface area (Å²) in [6.07, 6.45) is 2.32. The molecule has 1 atom stereocenters. The van der Waals surface area contributed by atoms with Crippen LogP contribution in [0.5, 0.6) is 0 Å². The maximum atomic E-state index is 10.4. The first-order chi connectivity index (χ1) is 7.32. The standard InChI is InChI=1S/C15H22O/c1-14(2,3)11-5-7-12(8-6-11)15(4,16)13-9-10-13/h5-8,13,16H,9-10H2,1-4H3/t15-/m1/s1. The Kier molecular flexibility index (Phi) is 2.62. The predicted octanol–water partition coefficient (Wildman–Crippen LogP) is 3.60. The lowest BCUT2D eigenvalue weighted by atomic mass is 9.84. The second-order valence-corrected chi connectivity index (χ2v) is 6.25. The number of aliphatic hydroxyl groups is 1. The van der Waals surface area contributed by atoms with E-state index in [1.165, 1.54) is 5.56 Å². The van der Waals surface area contributed by atoms with Crippen molar-refractivity contribution in [3.05, 3.63) is 35.4 Å². The van der Waals surface area contributed by atoms with Crippen molar-refractivity contribution >= 4 is 0 Å². The van der Waals surface area contributed by atoms with Gasteiger partial charge in [-0.25, -0.2) is 0 Å². The monoisotopic (exact) mass is 218 g/mol. The highest BCUT2D eigenvalue weighted by molar-refractivity contribution is 5.31. The molecule has 1 fully saturated rings. The Morgan fingerprint density at radius 2 is 1.38 bits per heavy atom. The molecule has 0 radical (unpaired) electrons. The zero-order chi connectivity index (χ0) is 12.0. The van der Waals surface area contributed by atoms with Gasteiger partial charge in [0.05, 0.1) is 5.60 Å². The quantitative estimate of drug-likeness (QED) is 0.804. The van der Waals surface area contributed by atoms with Gasteiger partial charge in [0.1, 0.15) is 0 Å². The first-order valence-corrected chi connectivity index (χ1v) is 6.15. The Balaban J connectivity index is 2.25. The predicted molar refractivity (Wildman–Crippen MR) is 67.4 cm³/mol. The van der Waals surface area contributed by atoms with E-state index in [2.05, 4.69) is 45.0 Å². The van der Waals surface area contributed by atoms with Crippen LogP contribution < -0.4 is 0 Å². The van der Waals surface area contributed by atoms with E-state index >= 15 is 0 Å². The van der Waals surface area contributed by atoms with Gasteiger partial charge in [0.2, 0.25) is 0 Å². The van der Waals surface area contributed by atoms with E-state index in [4.69, 9.17) is 0 Å². The normalized spacial score (nSPS) is 20.6. The minimum Gasteiger partial charge on any atom is -0.385 e. The topological polar surface area (TPSA) is 20.2 Å². The van der Waals surface area contributed by atoms with Crippen molar-refractivity contribution in [2.24, 2.45) is 5.92 Å². The lowest BCUT2D eigenvalue weighted by molar-refractivity contribution is 0.0330. The number of rotatable bonds is 2. The Morgan fingerprint density at radius 1 is 0.938 bits per heavy atom. The van der Waals surface area contributed by atoms with Crippen molar-refractivity contribution in [3.63, 3.8) is 0 Å². The summed E-state index contributed by atoms with van der Waals surface area (Å²) in [5, 5.41) is 10.4. The number of hydrogen-bond donors (Lipinski definition) is 1. The molecule has 1 aliphatic carbocycles. The van der Waals surface area contributed by atoms with Crippen LogP contribution in [0.4, 0.5) is 0 Å². The second kappa shape index (κ2) is 3.59. The second-order valence-electron chi connectivity index (χ2n) is 6.25. The highest BCUT2D eigenvalue weighted by atomic mass is 16.3. The molecule has 1 heteroatoms. The summed E-state index contributed by atoms with van der Waals surface area (Å²) < 4.78 is 0. The minimum atomic E-state index is -0.629. The van der Waals surface area contributed by atoms with Gasteiger partial charge in [0.15, 0.2) is 0 Å². The zero-order valence-corrected chi connectivity index (χ0v) is 10.7. The summed E-state index contributed by atoms with van der Waals surface area (Å²) in [7, 11) is 0. The molecule has 16 heavy (non-hydrogen) atoms. The van der Waals surface area contributed by atoms with Crippen molar-refractivity contribution in [1.82, 2.24) is 0 Å². The number of hydrogen-bond acceptors (Lipinski definition) is 1. The van der Waals surface area contributed by atoms with E-state index in [1.54, 1.807) is 0 Å². The van der Waals surface area contributed by atoms with Crippen molar-refractivity contribution in [3.8, 4) is 0 Å². The molecule has 1 aromatic rings. The molecule has 0 unspecified atom stereocenters. The molecule has 88 valence electrons.